The Labute approximate surface area is 109 Å². The highest BCUT2D eigenvalue weighted by Crippen LogP contribution is 2.46. The van der Waals surface area contributed by atoms with E-state index in [2.05, 4.69) is 25.7 Å². The molecule has 0 atom stereocenters. The highest BCUT2D eigenvalue weighted by Gasteiger charge is 2.37. The minimum absolute atomic E-state index is 0.755. The Morgan fingerprint density at radius 2 is 1.41 bits per heavy atom. The minimum atomic E-state index is 0.755. The van der Waals surface area contributed by atoms with Gasteiger partial charge in [-0.3, -0.25) is 0 Å². The van der Waals surface area contributed by atoms with Crippen molar-refractivity contribution in [1.29, 1.82) is 0 Å². The zero-order valence-electron chi connectivity index (χ0n) is 12.8. The van der Waals surface area contributed by atoms with Gasteiger partial charge in [-0.25, -0.2) is 0 Å². The smallest absolute Gasteiger partial charge is 0.00385 e. The van der Waals surface area contributed by atoms with Crippen LogP contribution in [0.4, 0.5) is 0 Å². The predicted octanol–water partition coefficient (Wildman–Crippen LogP) is 4.71. The molecule has 1 aliphatic carbocycles. The third-order valence-corrected chi connectivity index (χ3v) is 4.92. The molecule has 0 aromatic carbocycles. The van der Waals surface area contributed by atoms with Crippen LogP contribution in [0.1, 0.15) is 73.1 Å². The highest BCUT2D eigenvalue weighted by molar-refractivity contribution is 4.90. The van der Waals surface area contributed by atoms with E-state index >= 15 is 0 Å². The molecule has 17 heavy (non-hydrogen) atoms. The molecule has 0 bridgehead atoms. The Morgan fingerprint density at radius 1 is 0.941 bits per heavy atom. The fourth-order valence-electron chi connectivity index (χ4n) is 3.39. The zero-order valence-corrected chi connectivity index (χ0v) is 12.8. The summed E-state index contributed by atoms with van der Waals surface area (Å²) in [6.07, 6.45) is 8.94. The Bertz CT molecular complexity index is 192. The van der Waals surface area contributed by atoms with E-state index in [1.807, 2.05) is 13.8 Å². The van der Waals surface area contributed by atoms with E-state index < -0.39 is 0 Å². The van der Waals surface area contributed by atoms with E-state index in [-0.39, 0.29) is 0 Å². The van der Waals surface area contributed by atoms with E-state index in [0.717, 1.165) is 17.4 Å². The third-order valence-electron chi connectivity index (χ3n) is 4.92. The second kappa shape index (κ2) is 6.78. The number of piperidine rings is 1. The topological polar surface area (TPSA) is 3.24 Å². The quantitative estimate of drug-likeness (QED) is 0.640. The molecule has 1 saturated heterocycles. The van der Waals surface area contributed by atoms with Crippen molar-refractivity contribution in [3.8, 4) is 0 Å². The van der Waals surface area contributed by atoms with E-state index in [0.29, 0.717) is 0 Å². The van der Waals surface area contributed by atoms with E-state index in [4.69, 9.17) is 0 Å². The summed E-state index contributed by atoms with van der Waals surface area (Å²) in [6.45, 7) is 13.8. The van der Waals surface area contributed by atoms with Gasteiger partial charge in [-0.2, -0.15) is 0 Å². The van der Waals surface area contributed by atoms with Gasteiger partial charge < -0.3 is 4.90 Å². The highest BCUT2D eigenvalue weighted by atomic mass is 15.2. The Morgan fingerprint density at radius 3 is 1.82 bits per heavy atom. The molecule has 1 saturated carbocycles. The van der Waals surface area contributed by atoms with Crippen LogP contribution in [0.25, 0.3) is 0 Å². The van der Waals surface area contributed by atoms with E-state index in [1.54, 1.807) is 0 Å². The summed E-state index contributed by atoms with van der Waals surface area (Å²) >= 11 is 0. The summed E-state index contributed by atoms with van der Waals surface area (Å²) in [5.74, 6) is 0.999. The molecule has 102 valence electrons. The maximum atomic E-state index is 2.66. The first-order chi connectivity index (χ1) is 8.11. The summed E-state index contributed by atoms with van der Waals surface area (Å²) in [7, 11) is 0. The summed E-state index contributed by atoms with van der Waals surface area (Å²) in [5, 5.41) is 0. The lowest BCUT2D eigenvalue weighted by Crippen LogP contribution is -2.44. The molecule has 0 amide bonds. The summed E-state index contributed by atoms with van der Waals surface area (Å²) in [6, 6.07) is 0.755. The van der Waals surface area contributed by atoms with Crippen LogP contribution in [0.15, 0.2) is 0 Å². The SMILES string of the molecule is CC.CC1CCC2(CC1)CCN(C(C)C)CC2. The number of hydrogen-bond acceptors (Lipinski definition) is 1. The van der Waals surface area contributed by atoms with Gasteiger partial charge in [0.05, 0.1) is 0 Å². The third kappa shape index (κ3) is 3.98. The van der Waals surface area contributed by atoms with Gasteiger partial charge in [0.2, 0.25) is 0 Å². The monoisotopic (exact) mass is 239 g/mol. The minimum Gasteiger partial charge on any atom is -0.301 e. The van der Waals surface area contributed by atoms with Crippen LogP contribution in [0.5, 0.6) is 0 Å². The van der Waals surface area contributed by atoms with Crippen molar-refractivity contribution < 1.29 is 0 Å². The van der Waals surface area contributed by atoms with Gasteiger partial charge in [0.15, 0.2) is 0 Å². The van der Waals surface area contributed by atoms with Crippen LogP contribution >= 0.6 is 0 Å². The van der Waals surface area contributed by atoms with Crippen LogP contribution in [-0.2, 0) is 0 Å². The molecule has 0 aromatic heterocycles. The number of likely N-dealkylation sites (tertiary alicyclic amines) is 1. The van der Waals surface area contributed by atoms with Crippen molar-refractivity contribution >= 4 is 0 Å². The molecule has 1 heteroatoms. The lowest BCUT2D eigenvalue weighted by Gasteiger charge is -2.46. The standard InChI is InChI=1S/C14H27N.C2H6/c1-12(2)15-10-8-14(9-11-15)6-4-13(3)5-7-14;1-2/h12-13H,4-11H2,1-3H3;1-2H3. The summed E-state index contributed by atoms with van der Waals surface area (Å²) < 4.78 is 0. The maximum Gasteiger partial charge on any atom is 0.00385 e. The van der Waals surface area contributed by atoms with Gasteiger partial charge >= 0.3 is 0 Å². The fourth-order valence-corrected chi connectivity index (χ4v) is 3.39. The van der Waals surface area contributed by atoms with Crippen LogP contribution in [-0.4, -0.2) is 24.0 Å². The largest absolute Gasteiger partial charge is 0.301 e. The first kappa shape index (κ1) is 15.0. The second-order valence-electron chi connectivity index (χ2n) is 6.31. The van der Waals surface area contributed by atoms with Crippen LogP contribution in [0.3, 0.4) is 0 Å². The molecular formula is C16H33N. The molecular weight excluding hydrogens is 206 g/mol. The van der Waals surface area contributed by atoms with E-state index in [9.17, 15) is 0 Å². The molecule has 0 unspecified atom stereocenters. The zero-order chi connectivity index (χ0) is 12.9. The average molecular weight is 239 g/mol. The first-order valence-corrected chi connectivity index (χ1v) is 7.85. The van der Waals surface area contributed by atoms with Gasteiger partial charge in [0.25, 0.3) is 0 Å². The lowest BCUT2D eigenvalue weighted by atomic mass is 9.66. The summed E-state index contributed by atoms with van der Waals surface area (Å²) in [4.78, 5) is 2.66. The van der Waals surface area contributed by atoms with Gasteiger partial charge in [0, 0.05) is 6.04 Å². The number of hydrogen-bond donors (Lipinski definition) is 0. The van der Waals surface area contributed by atoms with Crippen LogP contribution < -0.4 is 0 Å². The van der Waals surface area contributed by atoms with Gasteiger partial charge in [-0.15, -0.1) is 0 Å². The maximum absolute atomic E-state index is 2.66. The van der Waals surface area contributed by atoms with Crippen LogP contribution in [0.2, 0.25) is 0 Å². The predicted molar refractivity (Wildman–Crippen MR) is 77.4 cm³/mol. The molecule has 2 aliphatic rings. The van der Waals surface area contributed by atoms with Crippen molar-refractivity contribution in [3.63, 3.8) is 0 Å². The molecule has 1 heterocycles. The van der Waals surface area contributed by atoms with Gasteiger partial charge in [0.1, 0.15) is 0 Å². The lowest BCUT2D eigenvalue weighted by molar-refractivity contribution is 0.0420. The molecule has 2 rings (SSSR count). The molecule has 0 aromatic rings. The molecule has 1 nitrogen and oxygen atoms in total. The van der Waals surface area contributed by atoms with Crippen molar-refractivity contribution in [2.75, 3.05) is 13.1 Å². The normalized spacial score (nSPS) is 25.8. The Hall–Kier alpha value is -0.0400. The van der Waals surface area contributed by atoms with Crippen molar-refractivity contribution in [1.82, 2.24) is 4.90 Å². The van der Waals surface area contributed by atoms with Gasteiger partial charge in [-0.1, -0.05) is 33.6 Å². The fraction of sp³-hybridized carbons (Fsp3) is 1.00. The second-order valence-corrected chi connectivity index (χ2v) is 6.31. The first-order valence-electron chi connectivity index (χ1n) is 7.85. The molecule has 1 spiro atoms. The number of rotatable bonds is 1. The summed E-state index contributed by atoms with van der Waals surface area (Å²) in [5.41, 5.74) is 0.762. The Balaban J connectivity index is 0.000000686. The molecule has 2 fully saturated rings. The van der Waals surface area contributed by atoms with Crippen molar-refractivity contribution in [3.05, 3.63) is 0 Å². The molecule has 0 radical (unpaired) electrons. The molecule has 1 aliphatic heterocycles. The van der Waals surface area contributed by atoms with Gasteiger partial charge in [-0.05, 0) is 64.0 Å². The van der Waals surface area contributed by atoms with Crippen LogP contribution in [0, 0.1) is 11.3 Å². The average Bonchev–Trinajstić information content (AvgIpc) is 2.36. The number of nitrogens with zero attached hydrogens (tertiary/aromatic N) is 1. The molecule has 0 N–H and O–H groups in total. The van der Waals surface area contributed by atoms with Crippen molar-refractivity contribution in [2.45, 2.75) is 79.2 Å². The van der Waals surface area contributed by atoms with Crippen molar-refractivity contribution in [2.24, 2.45) is 11.3 Å². The van der Waals surface area contributed by atoms with E-state index in [1.165, 1.54) is 51.6 Å². The Kier molecular flexibility index (Phi) is 5.99.